The molecule has 10 aromatic heterocycles. The number of aromatic nitrogens is 10. The van der Waals surface area contributed by atoms with Gasteiger partial charge in [-0.25, -0.2) is 0 Å². The molecule has 0 bridgehead atoms. The number of para-hydroxylation sites is 4. The molecule has 131 heavy (non-hydrogen) atoms. The minimum atomic E-state index is -1.45. The van der Waals surface area contributed by atoms with E-state index in [4.69, 9.17) is 26.8 Å². The summed E-state index contributed by atoms with van der Waals surface area (Å²) < 4.78 is 45.0. The Morgan fingerprint density at radius 2 is 0.603 bits per heavy atom. The molecule has 18 nitrogen and oxygen atoms in total. The van der Waals surface area contributed by atoms with E-state index in [2.05, 4.69) is 269 Å². The van der Waals surface area contributed by atoms with E-state index in [1.165, 1.54) is 21.1 Å². The number of ether oxygens (including phenoxy) is 1. The topological polar surface area (TPSA) is 171 Å². The first-order chi connectivity index (χ1) is 61.7. The molecule has 0 saturated carbocycles. The number of benzene rings is 14. The van der Waals surface area contributed by atoms with E-state index in [1.54, 1.807) is 61.5 Å². The van der Waals surface area contributed by atoms with Gasteiger partial charge in [0.1, 0.15) is 33.7 Å². The zero-order chi connectivity index (χ0) is 85.4. The van der Waals surface area contributed by atoms with Gasteiger partial charge in [-0.15, -0.1) is 0 Å². The van der Waals surface area contributed by atoms with Crippen LogP contribution in [-0.2, 0) is 101 Å². The standard InChI is InChI=1S/2C27H18N3O.2C18H17N2OSi.C16H11N2O2.5Ir/c1-3-10-20(11-4-1)30(21-12-5-2-6-13-21)23-15-8-17-25-26(23)22-14-7-16-24(27(22)31-25)29-19-9-18-28-29;1-3-9-20(10-4-1)30(21-11-5-2-6-12-21)22-15-16-26-24(19-22)23-13-7-14-25(27(23)31-26)29-18-8-17-28-29;1-22(2,3)16-10-5-9-15-17(16)13-7-4-8-14(18(13)21-15)20-12-6-11-19-20;1-22(2,3)13-8-9-17-15(12-13)14-6-4-7-16(18(14)21-17)20-11-5-10-19-20;1-19-11-6-7-15-13(10-11)12-4-2-5-14(16(12)20-15)18-9-3-8-17-18;;;;;/h1-15,17-19H;1-13,15-19H;4-7,9-12H,1-3H3;4-6,8-12H,1-3H3;2-4,6-10H,1H3;;;;;/q5*-1;;;;;. The second kappa shape index (κ2) is 40.3. The molecule has 0 atom stereocenters. The molecule has 5 radical (unpaired) electrons. The van der Waals surface area contributed by atoms with E-state index in [0.717, 1.165) is 167 Å². The number of rotatable bonds is 14. The van der Waals surface area contributed by atoms with Gasteiger partial charge in [-0.2, -0.15) is 116 Å². The van der Waals surface area contributed by atoms with E-state index in [1.807, 2.05) is 171 Å². The van der Waals surface area contributed by atoms with Crippen molar-refractivity contribution in [1.82, 2.24) is 48.9 Å². The molecule has 659 valence electrons. The van der Waals surface area contributed by atoms with Crippen LogP contribution in [0.3, 0.4) is 0 Å². The van der Waals surface area contributed by atoms with Crippen molar-refractivity contribution in [2.45, 2.75) is 39.3 Å². The molecule has 0 fully saturated rings. The van der Waals surface area contributed by atoms with E-state index >= 15 is 0 Å². The van der Waals surface area contributed by atoms with Crippen LogP contribution in [0.1, 0.15) is 0 Å². The van der Waals surface area contributed by atoms with Crippen molar-refractivity contribution >= 4 is 170 Å². The molecule has 10 heterocycles. The summed E-state index contributed by atoms with van der Waals surface area (Å²) in [5, 5.41) is 35.4. The summed E-state index contributed by atoms with van der Waals surface area (Å²) in [5.41, 5.74) is 19.0. The Morgan fingerprint density at radius 3 is 0.977 bits per heavy atom. The third-order valence-electron chi connectivity index (χ3n) is 22.2. The third-order valence-corrected chi connectivity index (χ3v) is 26.3. The van der Waals surface area contributed by atoms with E-state index < -0.39 is 16.1 Å². The molecule has 0 amide bonds. The summed E-state index contributed by atoms with van der Waals surface area (Å²) >= 11 is 0. The zero-order valence-electron chi connectivity index (χ0n) is 71.6. The monoisotopic (exact) mass is 2640 g/mol. The third kappa shape index (κ3) is 18.6. The Morgan fingerprint density at radius 1 is 0.275 bits per heavy atom. The van der Waals surface area contributed by atoms with Crippen molar-refractivity contribution in [1.29, 1.82) is 0 Å². The molecule has 0 spiro atoms. The Hall–Kier alpha value is -12.8. The molecule has 24 aromatic rings. The number of hydrogen-bond acceptors (Lipinski definition) is 13. The van der Waals surface area contributed by atoms with Crippen molar-refractivity contribution in [3.05, 3.63) is 396 Å². The van der Waals surface area contributed by atoms with Crippen LogP contribution in [0.4, 0.5) is 34.1 Å². The van der Waals surface area contributed by atoms with Gasteiger partial charge in [0.25, 0.3) is 0 Å². The quantitative estimate of drug-likeness (QED) is 0.0745. The molecule has 0 unspecified atom stereocenters. The fourth-order valence-electron chi connectivity index (χ4n) is 16.3. The first kappa shape index (κ1) is 92.9. The molecule has 24 rings (SSSR count). The fourth-order valence-corrected chi connectivity index (χ4v) is 19.0. The summed E-state index contributed by atoms with van der Waals surface area (Å²) in [7, 11) is -1.14. The summed E-state index contributed by atoms with van der Waals surface area (Å²) in [5.74, 6) is 0.814. The molecule has 25 heteroatoms. The second-order valence-electron chi connectivity index (χ2n) is 32.2. The SMILES string of the molecule is COc1ccc2oc3c(-n4cccn4)[c-]ccc3c2c1.C[Si](C)(C)c1ccc2oc3c(-n4cccn4)[c-]ccc3c2c1.C[Si](C)(C)c1cccc2oc3c(-n4cccn4)[c-]ccc3c12.[Ir].[Ir].[Ir].[Ir].[Ir].[c-]1ccc2c(oc3ccc(N(c4ccccc4)c4ccccc4)cc32)c1-n1cccn1.[c-]1ccc2c(oc3cccc(N(c4ccccc4)c4ccccc4)c32)c1-n1cccn1. The maximum atomic E-state index is 6.35. The van der Waals surface area contributed by atoms with E-state index in [9.17, 15) is 0 Å². The average Bonchev–Trinajstić information content (AvgIpc) is 1.62. The summed E-state index contributed by atoms with van der Waals surface area (Å²) in [6, 6.07) is 118. The first-order valence-electron chi connectivity index (χ1n) is 41.4. The van der Waals surface area contributed by atoms with Gasteiger partial charge in [0.15, 0.2) is 0 Å². The minimum absolute atomic E-state index is 0. The van der Waals surface area contributed by atoms with Crippen LogP contribution >= 0.6 is 0 Å². The molecule has 0 saturated heterocycles. The summed E-state index contributed by atoms with van der Waals surface area (Å²) in [4.78, 5) is 4.52. The number of nitrogens with zero attached hydrogens (tertiary/aromatic N) is 12. The first-order valence-corrected chi connectivity index (χ1v) is 48.4. The van der Waals surface area contributed by atoms with Gasteiger partial charge in [-0.05, 0) is 168 Å². The Balaban J connectivity index is 0.000000126. The minimum Gasteiger partial charge on any atom is -0.513 e. The Bertz CT molecular complexity index is 7860. The summed E-state index contributed by atoms with van der Waals surface area (Å²) in [6.45, 7) is 14.2. The maximum Gasteiger partial charge on any atom is 0.119 e. The Kier molecular flexibility index (Phi) is 28.6. The zero-order valence-corrected chi connectivity index (χ0v) is 85.6. The van der Waals surface area contributed by atoms with Gasteiger partial charge in [0.2, 0.25) is 0 Å². The predicted octanol–water partition coefficient (Wildman–Crippen LogP) is 25.9. The largest absolute Gasteiger partial charge is 0.513 e. The molecule has 14 aromatic carbocycles. The number of hydrogen-bond donors (Lipinski definition) is 0. The van der Waals surface area contributed by atoms with Crippen LogP contribution in [0.2, 0.25) is 39.3 Å². The van der Waals surface area contributed by atoms with Crippen LogP contribution in [0, 0.1) is 30.3 Å². The molecule has 0 aliphatic heterocycles. The average molecular weight is 2640 g/mol. The van der Waals surface area contributed by atoms with Gasteiger partial charge in [-0.3, -0.25) is 23.4 Å². The van der Waals surface area contributed by atoms with Crippen molar-refractivity contribution in [2.75, 3.05) is 16.9 Å². The predicted molar refractivity (Wildman–Crippen MR) is 510 cm³/mol. The second-order valence-corrected chi connectivity index (χ2v) is 42.3. The molecular formula is C106H81Ir5N12O6Si2-5. The van der Waals surface area contributed by atoms with Crippen LogP contribution in [0.25, 0.3) is 138 Å². The van der Waals surface area contributed by atoms with Crippen molar-refractivity contribution in [3.8, 4) is 34.2 Å². The normalized spacial score (nSPS) is 11.2. The maximum absolute atomic E-state index is 6.35. The fraction of sp³-hybridized carbons (Fsp3) is 0.0660. The Labute approximate surface area is 824 Å². The van der Waals surface area contributed by atoms with Crippen molar-refractivity contribution < 1.29 is 127 Å². The molecule has 0 aliphatic carbocycles. The van der Waals surface area contributed by atoms with E-state index in [0.29, 0.717) is 0 Å². The van der Waals surface area contributed by atoms with Gasteiger partial charge in [0.05, 0.1) is 28.9 Å². The van der Waals surface area contributed by atoms with Gasteiger partial charge in [-0.1, -0.05) is 180 Å². The molecule has 0 N–H and O–H groups in total. The van der Waals surface area contributed by atoms with Crippen LogP contribution < -0.4 is 24.9 Å². The van der Waals surface area contributed by atoms with Crippen LogP contribution in [-0.4, -0.2) is 72.2 Å². The number of fused-ring (bicyclic) bond motifs is 15. The number of furan rings is 5. The smallest absolute Gasteiger partial charge is 0.119 e. The number of anilines is 6. The van der Waals surface area contributed by atoms with Crippen LogP contribution in [0.15, 0.2) is 387 Å². The van der Waals surface area contributed by atoms with Gasteiger partial charge < -0.3 is 36.6 Å². The van der Waals surface area contributed by atoms with Gasteiger partial charge >= 0.3 is 0 Å². The van der Waals surface area contributed by atoms with Crippen molar-refractivity contribution in [3.63, 3.8) is 0 Å². The number of methoxy groups -OCH3 is 1. The summed E-state index contributed by atoms with van der Waals surface area (Å²) in [6.07, 6.45) is 18.3. The van der Waals surface area contributed by atoms with Crippen molar-refractivity contribution in [2.24, 2.45) is 0 Å². The molecule has 0 aliphatic rings. The van der Waals surface area contributed by atoms with Gasteiger partial charge in [0, 0.05) is 246 Å². The van der Waals surface area contributed by atoms with Crippen LogP contribution in [0.5, 0.6) is 5.75 Å². The van der Waals surface area contributed by atoms with E-state index in [-0.39, 0.29) is 101 Å². The molecular weight excluding hydrogens is 2550 g/mol.